The minimum Gasteiger partial charge on any atom is -0.493 e. The fourth-order valence-corrected chi connectivity index (χ4v) is 4.08. The third-order valence-electron chi connectivity index (χ3n) is 6.35. The molecule has 2 aromatic rings. The summed E-state index contributed by atoms with van der Waals surface area (Å²) < 4.78 is 11.6. The van der Waals surface area contributed by atoms with Gasteiger partial charge in [0.25, 0.3) is 11.8 Å². The van der Waals surface area contributed by atoms with Gasteiger partial charge in [0.1, 0.15) is 11.5 Å². The lowest BCUT2D eigenvalue weighted by molar-refractivity contribution is 0.0925. The quantitative estimate of drug-likeness (QED) is 0.125. The van der Waals surface area contributed by atoms with Gasteiger partial charge in [0.05, 0.1) is 24.3 Å². The molecule has 0 aromatic heterocycles. The second-order valence-corrected chi connectivity index (χ2v) is 9.71. The molecule has 220 valence electrons. The largest absolute Gasteiger partial charge is 0.493 e. The first-order chi connectivity index (χ1) is 19.6. The number of nitrogens with one attached hydrogen (secondary N) is 4. The maximum absolute atomic E-state index is 12.6. The van der Waals surface area contributed by atoms with Crippen molar-refractivity contribution in [2.24, 2.45) is 0 Å². The van der Waals surface area contributed by atoms with Gasteiger partial charge in [-0.1, -0.05) is 102 Å². The number of urea groups is 1. The topological polar surface area (TPSA) is 118 Å². The van der Waals surface area contributed by atoms with Gasteiger partial charge in [-0.15, -0.1) is 0 Å². The van der Waals surface area contributed by atoms with Crippen LogP contribution >= 0.6 is 0 Å². The highest BCUT2D eigenvalue weighted by Gasteiger charge is 2.15. The Morgan fingerprint density at radius 3 is 1.32 bits per heavy atom. The summed E-state index contributed by atoms with van der Waals surface area (Å²) in [7, 11) is 0. The van der Waals surface area contributed by atoms with Crippen molar-refractivity contribution in [3.63, 3.8) is 0 Å². The molecule has 0 aliphatic rings. The van der Waals surface area contributed by atoms with Crippen LogP contribution < -0.4 is 31.2 Å². The number of hydrogen-bond acceptors (Lipinski definition) is 5. The first-order valence-corrected chi connectivity index (χ1v) is 14.7. The summed E-state index contributed by atoms with van der Waals surface area (Å²) in [6.45, 7) is 5.40. The molecule has 0 spiro atoms. The summed E-state index contributed by atoms with van der Waals surface area (Å²) in [5.74, 6) is -0.176. The Morgan fingerprint density at radius 2 is 0.900 bits per heavy atom. The van der Waals surface area contributed by atoms with Gasteiger partial charge in [-0.05, 0) is 37.1 Å². The normalized spacial score (nSPS) is 10.4. The van der Waals surface area contributed by atoms with Crippen LogP contribution in [-0.4, -0.2) is 31.1 Å². The van der Waals surface area contributed by atoms with Crippen molar-refractivity contribution in [2.45, 2.75) is 90.9 Å². The Morgan fingerprint density at radius 1 is 0.525 bits per heavy atom. The van der Waals surface area contributed by atoms with E-state index >= 15 is 0 Å². The predicted molar refractivity (Wildman–Crippen MR) is 157 cm³/mol. The van der Waals surface area contributed by atoms with Gasteiger partial charge in [-0.3, -0.25) is 20.4 Å². The van der Waals surface area contributed by atoms with Gasteiger partial charge in [-0.25, -0.2) is 15.6 Å². The first-order valence-electron chi connectivity index (χ1n) is 14.7. The average molecular weight is 555 g/mol. The van der Waals surface area contributed by atoms with Gasteiger partial charge in [0.2, 0.25) is 0 Å². The summed E-state index contributed by atoms with van der Waals surface area (Å²) in [4.78, 5) is 37.5. The Bertz CT molecular complexity index is 951. The molecule has 4 N–H and O–H groups in total. The highest BCUT2D eigenvalue weighted by Crippen LogP contribution is 2.19. The van der Waals surface area contributed by atoms with Gasteiger partial charge < -0.3 is 9.47 Å². The van der Waals surface area contributed by atoms with E-state index in [4.69, 9.17) is 9.47 Å². The minimum absolute atomic E-state index is 0.300. The van der Waals surface area contributed by atoms with Crippen molar-refractivity contribution < 1.29 is 23.9 Å². The van der Waals surface area contributed by atoms with Gasteiger partial charge in [0.15, 0.2) is 0 Å². The number of carbonyl (C=O) groups excluding carboxylic acids is 3. The van der Waals surface area contributed by atoms with Crippen LogP contribution in [0.5, 0.6) is 11.5 Å². The third-order valence-corrected chi connectivity index (χ3v) is 6.35. The Hall–Kier alpha value is -3.75. The zero-order valence-electron chi connectivity index (χ0n) is 24.1. The van der Waals surface area contributed by atoms with E-state index in [0.717, 1.165) is 25.7 Å². The van der Waals surface area contributed by atoms with Crippen molar-refractivity contribution in [1.29, 1.82) is 0 Å². The van der Waals surface area contributed by atoms with Gasteiger partial charge >= 0.3 is 6.03 Å². The molecule has 0 unspecified atom stereocenters. The molecule has 2 rings (SSSR count). The van der Waals surface area contributed by atoms with Crippen LogP contribution in [0.4, 0.5) is 4.79 Å². The Labute approximate surface area is 238 Å². The standard InChI is InChI=1S/C31H46N4O5/c1-3-5-7-9-11-17-23-39-27-21-15-13-19-25(27)29(36)32-34-31(38)35-33-30(37)26-20-14-16-22-28(26)40-24-18-12-10-8-6-4-2/h13-16,19-22H,3-12,17-18,23-24H2,1-2H3,(H,32,36)(H,33,37)(H2,34,35,38). The lowest BCUT2D eigenvalue weighted by atomic mass is 10.1. The minimum atomic E-state index is -0.808. The number of ether oxygens (including phenoxy) is 2. The van der Waals surface area contributed by atoms with E-state index in [1.807, 2.05) is 0 Å². The third kappa shape index (κ3) is 12.9. The summed E-state index contributed by atoms with van der Waals surface area (Å²) in [5.41, 5.74) is 9.74. The molecule has 2 aromatic carbocycles. The summed E-state index contributed by atoms with van der Waals surface area (Å²) in [6, 6.07) is 12.9. The molecule has 0 radical (unpaired) electrons. The van der Waals surface area contributed by atoms with Crippen LogP contribution in [0.15, 0.2) is 48.5 Å². The van der Waals surface area contributed by atoms with E-state index in [1.54, 1.807) is 48.5 Å². The molecule has 9 heteroatoms. The van der Waals surface area contributed by atoms with E-state index in [2.05, 4.69) is 35.6 Å². The number of hydrazine groups is 2. The second kappa shape index (κ2) is 20.2. The maximum atomic E-state index is 12.6. The monoisotopic (exact) mass is 554 g/mol. The van der Waals surface area contributed by atoms with Crippen LogP contribution in [0.25, 0.3) is 0 Å². The molecule has 0 atom stereocenters. The van der Waals surface area contributed by atoms with Crippen LogP contribution in [0.2, 0.25) is 0 Å². The number of carbonyl (C=O) groups is 3. The predicted octanol–water partition coefficient (Wildman–Crippen LogP) is 6.45. The highest BCUT2D eigenvalue weighted by molar-refractivity contribution is 5.99. The number of unbranched alkanes of at least 4 members (excludes halogenated alkanes) is 10. The maximum Gasteiger partial charge on any atom is 0.352 e. The van der Waals surface area contributed by atoms with E-state index in [0.29, 0.717) is 35.8 Å². The van der Waals surface area contributed by atoms with Crippen LogP contribution in [0, 0.1) is 0 Å². The zero-order valence-corrected chi connectivity index (χ0v) is 24.1. The molecular formula is C31H46N4O5. The zero-order chi connectivity index (χ0) is 28.8. The lowest BCUT2D eigenvalue weighted by Gasteiger charge is -2.14. The molecule has 0 heterocycles. The Balaban J connectivity index is 1.74. The van der Waals surface area contributed by atoms with Crippen molar-refractivity contribution in [1.82, 2.24) is 21.7 Å². The van der Waals surface area contributed by atoms with Crippen molar-refractivity contribution in [3.05, 3.63) is 59.7 Å². The smallest absolute Gasteiger partial charge is 0.352 e. The van der Waals surface area contributed by atoms with E-state index in [9.17, 15) is 14.4 Å². The molecule has 4 amide bonds. The van der Waals surface area contributed by atoms with Crippen molar-refractivity contribution >= 4 is 17.8 Å². The van der Waals surface area contributed by atoms with Gasteiger partial charge in [-0.2, -0.15) is 0 Å². The van der Waals surface area contributed by atoms with Crippen LogP contribution in [0.3, 0.4) is 0 Å². The van der Waals surface area contributed by atoms with Crippen molar-refractivity contribution in [2.75, 3.05) is 13.2 Å². The van der Waals surface area contributed by atoms with E-state index < -0.39 is 17.8 Å². The molecular weight excluding hydrogens is 508 g/mol. The number of rotatable bonds is 18. The molecule has 9 nitrogen and oxygen atoms in total. The second-order valence-electron chi connectivity index (χ2n) is 9.71. The SMILES string of the molecule is CCCCCCCCOc1ccccc1C(=O)NNC(=O)NNC(=O)c1ccccc1OCCCCCCCC. The first kappa shape index (κ1) is 32.5. The molecule has 0 bridgehead atoms. The molecule has 0 aliphatic heterocycles. The molecule has 0 aliphatic carbocycles. The molecule has 0 saturated carbocycles. The molecule has 0 fully saturated rings. The Kier molecular flexibility index (Phi) is 16.4. The van der Waals surface area contributed by atoms with Crippen molar-refractivity contribution in [3.8, 4) is 11.5 Å². The molecule has 0 saturated heterocycles. The number of hydrogen-bond donors (Lipinski definition) is 4. The fourth-order valence-electron chi connectivity index (χ4n) is 4.08. The summed E-state index contributed by atoms with van der Waals surface area (Å²) in [5, 5.41) is 0. The fraction of sp³-hybridized carbons (Fsp3) is 0.516. The summed E-state index contributed by atoms with van der Waals surface area (Å²) >= 11 is 0. The molecule has 40 heavy (non-hydrogen) atoms. The van der Waals surface area contributed by atoms with Gasteiger partial charge in [0, 0.05) is 0 Å². The van der Waals surface area contributed by atoms with Crippen LogP contribution in [0.1, 0.15) is 112 Å². The van der Waals surface area contributed by atoms with Crippen LogP contribution in [-0.2, 0) is 0 Å². The van der Waals surface area contributed by atoms with E-state index in [-0.39, 0.29) is 0 Å². The lowest BCUT2D eigenvalue weighted by Crippen LogP contribution is -2.52. The number of para-hydroxylation sites is 2. The average Bonchev–Trinajstić information content (AvgIpc) is 2.98. The number of amides is 4. The highest BCUT2D eigenvalue weighted by atomic mass is 16.5. The number of benzene rings is 2. The van der Waals surface area contributed by atoms with E-state index in [1.165, 1.54) is 51.4 Å². The summed E-state index contributed by atoms with van der Waals surface area (Å²) in [6.07, 6.45) is 13.7.